The summed E-state index contributed by atoms with van der Waals surface area (Å²) in [6.45, 7) is 1.85. The van der Waals surface area contributed by atoms with Gasteiger partial charge in [-0.25, -0.2) is 0 Å². The molecule has 1 atom stereocenters. The Morgan fingerprint density at radius 2 is 2.10 bits per heavy atom. The minimum atomic E-state index is -0.290. The lowest BCUT2D eigenvalue weighted by atomic mass is 10.1. The lowest BCUT2D eigenvalue weighted by Crippen LogP contribution is -2.25. The Balaban J connectivity index is 2.47. The van der Waals surface area contributed by atoms with E-state index in [2.05, 4.69) is 4.98 Å². The highest BCUT2D eigenvalue weighted by atomic mass is 35.5. The van der Waals surface area contributed by atoms with E-state index in [-0.39, 0.29) is 11.6 Å². The Hall–Kier alpha value is -2.17. The maximum atomic E-state index is 12.9. The van der Waals surface area contributed by atoms with Gasteiger partial charge in [-0.3, -0.25) is 14.3 Å². The monoisotopic (exact) mass is 299 g/mol. The summed E-state index contributed by atoms with van der Waals surface area (Å²) >= 11 is 6.19. The molecule has 0 aliphatic heterocycles. The first kappa shape index (κ1) is 13.8. The Kier molecular flexibility index (Phi) is 3.49. The van der Waals surface area contributed by atoms with Crippen molar-refractivity contribution in [1.82, 2.24) is 9.55 Å². The summed E-state index contributed by atoms with van der Waals surface area (Å²) in [6.07, 6.45) is 3.30. The minimum absolute atomic E-state index is 0.182. The predicted octanol–water partition coefficient (Wildman–Crippen LogP) is 3.06. The van der Waals surface area contributed by atoms with Gasteiger partial charge in [0.15, 0.2) is 0 Å². The summed E-state index contributed by atoms with van der Waals surface area (Å²) in [4.78, 5) is 16.9. The molecule has 4 nitrogen and oxygen atoms in total. The molecule has 3 rings (SSSR count). The van der Waals surface area contributed by atoms with Crippen LogP contribution in [-0.4, -0.2) is 9.55 Å². The van der Waals surface area contributed by atoms with Crippen LogP contribution in [0.25, 0.3) is 16.5 Å². The molecule has 3 aromatic rings. The molecule has 1 unspecified atom stereocenters. The van der Waals surface area contributed by atoms with Crippen molar-refractivity contribution in [3.05, 3.63) is 69.9 Å². The van der Waals surface area contributed by atoms with Crippen LogP contribution in [0.5, 0.6) is 0 Å². The van der Waals surface area contributed by atoms with Crippen molar-refractivity contribution in [2.75, 3.05) is 0 Å². The van der Waals surface area contributed by atoms with Crippen LogP contribution in [0.15, 0.2) is 53.6 Å². The maximum Gasteiger partial charge on any atom is 0.264 e. The molecule has 0 saturated carbocycles. The second-order valence-corrected chi connectivity index (χ2v) is 5.32. The Morgan fingerprint density at radius 3 is 2.76 bits per heavy atom. The Labute approximate surface area is 126 Å². The van der Waals surface area contributed by atoms with Crippen molar-refractivity contribution in [2.45, 2.75) is 13.0 Å². The zero-order valence-electron chi connectivity index (χ0n) is 11.5. The highest BCUT2D eigenvalue weighted by Crippen LogP contribution is 2.24. The van der Waals surface area contributed by atoms with Crippen molar-refractivity contribution < 1.29 is 0 Å². The van der Waals surface area contributed by atoms with Gasteiger partial charge in [0.05, 0.1) is 22.3 Å². The van der Waals surface area contributed by atoms with Gasteiger partial charge < -0.3 is 5.73 Å². The van der Waals surface area contributed by atoms with Crippen LogP contribution in [-0.2, 0) is 0 Å². The smallest absolute Gasteiger partial charge is 0.264 e. The first-order chi connectivity index (χ1) is 10.1. The average molecular weight is 300 g/mol. The number of nitrogens with two attached hydrogens (primary N) is 1. The number of nitrogens with zero attached hydrogens (tertiary/aromatic N) is 2. The summed E-state index contributed by atoms with van der Waals surface area (Å²) in [5.41, 5.74) is 7.26. The van der Waals surface area contributed by atoms with E-state index >= 15 is 0 Å². The quantitative estimate of drug-likeness (QED) is 0.791. The summed E-state index contributed by atoms with van der Waals surface area (Å²) in [7, 11) is 0. The third-order valence-corrected chi connectivity index (χ3v) is 3.71. The highest BCUT2D eigenvalue weighted by molar-refractivity contribution is 6.35. The van der Waals surface area contributed by atoms with Gasteiger partial charge in [-0.15, -0.1) is 0 Å². The van der Waals surface area contributed by atoms with Gasteiger partial charge in [0.25, 0.3) is 5.56 Å². The van der Waals surface area contributed by atoms with Crippen molar-refractivity contribution in [3.63, 3.8) is 0 Å². The highest BCUT2D eigenvalue weighted by Gasteiger charge is 2.15. The second kappa shape index (κ2) is 5.31. The van der Waals surface area contributed by atoms with Crippen LogP contribution >= 0.6 is 11.6 Å². The lowest BCUT2D eigenvalue weighted by molar-refractivity contribution is 0.733. The van der Waals surface area contributed by atoms with Crippen molar-refractivity contribution in [1.29, 1.82) is 0 Å². The maximum absolute atomic E-state index is 12.9. The van der Waals surface area contributed by atoms with E-state index in [4.69, 9.17) is 17.3 Å². The lowest BCUT2D eigenvalue weighted by Gasteiger charge is -2.17. The van der Waals surface area contributed by atoms with Gasteiger partial charge in [-0.2, -0.15) is 0 Å². The zero-order chi connectivity index (χ0) is 15.0. The Bertz CT molecular complexity index is 857. The van der Waals surface area contributed by atoms with Crippen LogP contribution in [0.4, 0.5) is 0 Å². The van der Waals surface area contributed by atoms with Crippen LogP contribution in [0.1, 0.15) is 18.7 Å². The molecular formula is C16H14ClN3O. The first-order valence-corrected chi connectivity index (χ1v) is 6.97. The topological polar surface area (TPSA) is 60.9 Å². The van der Waals surface area contributed by atoms with Gasteiger partial charge in [0.2, 0.25) is 0 Å². The number of aromatic nitrogens is 2. The third kappa shape index (κ3) is 2.33. The normalized spacial score (nSPS) is 12.5. The predicted molar refractivity (Wildman–Crippen MR) is 85.0 cm³/mol. The number of halogens is 1. The molecule has 1 aromatic carbocycles. The van der Waals surface area contributed by atoms with Crippen molar-refractivity contribution in [3.8, 4) is 5.69 Å². The molecule has 0 aliphatic rings. The summed E-state index contributed by atoms with van der Waals surface area (Å²) in [5, 5.41) is 1.72. The number of benzene rings is 1. The van der Waals surface area contributed by atoms with E-state index in [1.165, 1.54) is 0 Å². The minimum Gasteiger partial charge on any atom is -0.323 e. The van der Waals surface area contributed by atoms with Gasteiger partial charge >= 0.3 is 0 Å². The SMILES string of the molecule is CC(N)c1cc2cccc(Cl)c2c(=O)n1-c1cccnc1. The molecule has 2 N–H and O–H groups in total. The van der Waals surface area contributed by atoms with E-state index in [1.54, 1.807) is 29.1 Å². The molecule has 106 valence electrons. The molecule has 2 aromatic heterocycles. The average Bonchev–Trinajstić information content (AvgIpc) is 2.47. The van der Waals surface area contributed by atoms with E-state index in [0.29, 0.717) is 16.1 Å². The van der Waals surface area contributed by atoms with E-state index < -0.39 is 0 Å². The summed E-state index contributed by atoms with van der Waals surface area (Å²) in [5.74, 6) is 0. The van der Waals surface area contributed by atoms with Gasteiger partial charge in [-0.1, -0.05) is 23.7 Å². The first-order valence-electron chi connectivity index (χ1n) is 6.60. The molecule has 21 heavy (non-hydrogen) atoms. The molecule has 2 heterocycles. The number of hydrogen-bond acceptors (Lipinski definition) is 3. The summed E-state index contributed by atoms with van der Waals surface area (Å²) in [6, 6.07) is 10.6. The van der Waals surface area contributed by atoms with Crippen LogP contribution < -0.4 is 11.3 Å². The van der Waals surface area contributed by atoms with E-state index in [1.807, 2.05) is 31.2 Å². The molecule has 0 bridgehead atoms. The number of hydrogen-bond donors (Lipinski definition) is 1. The van der Waals surface area contributed by atoms with Crippen molar-refractivity contribution >= 4 is 22.4 Å². The van der Waals surface area contributed by atoms with Crippen LogP contribution in [0, 0.1) is 0 Å². The molecule has 0 fully saturated rings. The fraction of sp³-hybridized carbons (Fsp3) is 0.125. The van der Waals surface area contributed by atoms with E-state index in [0.717, 1.165) is 11.1 Å². The molecule has 5 heteroatoms. The van der Waals surface area contributed by atoms with Gasteiger partial charge in [-0.05, 0) is 36.6 Å². The fourth-order valence-electron chi connectivity index (χ4n) is 2.43. The molecule has 0 radical (unpaired) electrons. The largest absolute Gasteiger partial charge is 0.323 e. The van der Waals surface area contributed by atoms with Gasteiger partial charge in [0.1, 0.15) is 0 Å². The van der Waals surface area contributed by atoms with Crippen LogP contribution in [0.2, 0.25) is 5.02 Å². The Morgan fingerprint density at radius 1 is 1.29 bits per heavy atom. The molecule has 0 amide bonds. The van der Waals surface area contributed by atoms with E-state index in [9.17, 15) is 4.79 Å². The second-order valence-electron chi connectivity index (χ2n) is 4.91. The molecule has 0 aliphatic carbocycles. The molecular weight excluding hydrogens is 286 g/mol. The number of fused-ring (bicyclic) bond motifs is 1. The van der Waals surface area contributed by atoms with Crippen LogP contribution in [0.3, 0.4) is 0 Å². The standard InChI is InChI=1S/C16H14ClN3O/c1-10(18)14-8-11-4-2-6-13(17)15(11)16(21)20(14)12-5-3-7-19-9-12/h2-10H,18H2,1H3. The fourth-order valence-corrected chi connectivity index (χ4v) is 2.69. The summed E-state index contributed by atoms with van der Waals surface area (Å²) < 4.78 is 1.58. The van der Waals surface area contributed by atoms with Gasteiger partial charge in [0, 0.05) is 17.9 Å². The van der Waals surface area contributed by atoms with Crippen molar-refractivity contribution in [2.24, 2.45) is 5.73 Å². The zero-order valence-corrected chi connectivity index (χ0v) is 12.2. The number of rotatable bonds is 2. The molecule has 0 spiro atoms. The number of pyridine rings is 2. The third-order valence-electron chi connectivity index (χ3n) is 3.40. The molecule has 0 saturated heterocycles.